The normalized spacial score (nSPS) is 10.6. The molecular formula is C22H18BrN5O2. The van der Waals surface area contributed by atoms with Gasteiger partial charge in [0.15, 0.2) is 5.82 Å². The van der Waals surface area contributed by atoms with Gasteiger partial charge in [-0.3, -0.25) is 4.79 Å². The number of nitrogens with one attached hydrogen (secondary N) is 1. The molecule has 2 aromatic heterocycles. The van der Waals surface area contributed by atoms with E-state index in [-0.39, 0.29) is 5.91 Å². The maximum Gasteiger partial charge on any atom is 0.255 e. The number of aryl methyl sites for hydroxylation is 2. The van der Waals surface area contributed by atoms with E-state index >= 15 is 0 Å². The fourth-order valence-corrected chi connectivity index (χ4v) is 3.16. The van der Waals surface area contributed by atoms with E-state index < -0.39 is 0 Å². The number of halogens is 1. The van der Waals surface area contributed by atoms with Gasteiger partial charge < -0.3 is 10.1 Å². The Kier molecular flexibility index (Phi) is 5.58. The predicted molar refractivity (Wildman–Crippen MR) is 117 cm³/mol. The third-order valence-electron chi connectivity index (χ3n) is 4.30. The molecule has 0 radical (unpaired) electrons. The molecule has 2 heterocycles. The average molecular weight is 464 g/mol. The number of aromatic nitrogens is 4. The number of nitrogens with zero attached hydrogens (tertiary/aromatic N) is 4. The lowest BCUT2D eigenvalue weighted by atomic mass is 10.2. The van der Waals surface area contributed by atoms with Crippen molar-refractivity contribution in [3.63, 3.8) is 0 Å². The molecule has 1 N–H and O–H groups in total. The number of carbonyl (C=O) groups excluding carboxylic acids is 1. The zero-order valence-corrected chi connectivity index (χ0v) is 17.9. The first-order chi connectivity index (χ1) is 14.5. The fourth-order valence-electron chi connectivity index (χ4n) is 2.89. The van der Waals surface area contributed by atoms with Gasteiger partial charge in [-0.15, -0.1) is 0 Å². The van der Waals surface area contributed by atoms with Crippen molar-refractivity contribution in [1.82, 2.24) is 19.7 Å². The summed E-state index contributed by atoms with van der Waals surface area (Å²) < 4.78 is 8.50. The minimum absolute atomic E-state index is 0.179. The minimum Gasteiger partial charge on any atom is -0.439 e. The van der Waals surface area contributed by atoms with Gasteiger partial charge in [-0.25, -0.2) is 14.6 Å². The highest BCUT2D eigenvalue weighted by Gasteiger charge is 2.09. The van der Waals surface area contributed by atoms with E-state index in [9.17, 15) is 4.79 Å². The molecule has 8 heteroatoms. The van der Waals surface area contributed by atoms with Gasteiger partial charge in [0, 0.05) is 27.5 Å². The summed E-state index contributed by atoms with van der Waals surface area (Å²) in [4.78, 5) is 20.8. The Hall–Kier alpha value is -3.52. The fraction of sp³-hybridized carbons (Fsp3) is 0.0909. The largest absolute Gasteiger partial charge is 0.439 e. The molecule has 0 aliphatic carbocycles. The van der Waals surface area contributed by atoms with E-state index in [4.69, 9.17) is 4.74 Å². The van der Waals surface area contributed by atoms with Crippen molar-refractivity contribution >= 4 is 27.5 Å². The summed E-state index contributed by atoms with van der Waals surface area (Å²) in [7, 11) is 0. The molecule has 0 bridgehead atoms. The summed E-state index contributed by atoms with van der Waals surface area (Å²) >= 11 is 3.36. The molecule has 0 aliphatic rings. The van der Waals surface area contributed by atoms with Crippen molar-refractivity contribution in [2.75, 3.05) is 5.32 Å². The molecule has 150 valence electrons. The second kappa shape index (κ2) is 8.46. The number of benzene rings is 2. The molecule has 0 saturated heterocycles. The molecule has 7 nitrogen and oxygen atoms in total. The second-order valence-corrected chi connectivity index (χ2v) is 7.56. The van der Waals surface area contributed by atoms with Crippen LogP contribution < -0.4 is 10.1 Å². The van der Waals surface area contributed by atoms with E-state index in [0.717, 1.165) is 15.9 Å². The van der Waals surface area contributed by atoms with Crippen molar-refractivity contribution in [1.29, 1.82) is 0 Å². The number of hydrogen-bond acceptors (Lipinski definition) is 5. The number of hydrogen-bond donors (Lipinski definition) is 1. The Bertz CT molecular complexity index is 1190. The van der Waals surface area contributed by atoms with Crippen molar-refractivity contribution in [2.45, 2.75) is 13.8 Å². The van der Waals surface area contributed by atoms with Gasteiger partial charge in [0.2, 0.25) is 5.88 Å². The van der Waals surface area contributed by atoms with Crippen molar-refractivity contribution < 1.29 is 9.53 Å². The third kappa shape index (κ3) is 4.55. The van der Waals surface area contributed by atoms with Crippen LogP contribution in [-0.2, 0) is 0 Å². The zero-order chi connectivity index (χ0) is 21.1. The van der Waals surface area contributed by atoms with Gasteiger partial charge in [-0.2, -0.15) is 5.10 Å². The third-order valence-corrected chi connectivity index (χ3v) is 4.82. The molecule has 0 spiro atoms. The molecule has 1 amide bonds. The van der Waals surface area contributed by atoms with Crippen molar-refractivity contribution in [3.05, 3.63) is 88.4 Å². The molecule has 2 aromatic carbocycles. The Morgan fingerprint density at radius 3 is 2.40 bits per heavy atom. The monoisotopic (exact) mass is 463 g/mol. The standard InChI is InChI=1S/C22H18BrN5O2/c1-14-11-15(2)28(27-14)20-12-21(25-13-24-20)30-19-9-7-18(8-10-19)26-22(29)16-3-5-17(23)6-4-16/h3-13H,1-2H3,(H,26,29). The molecule has 0 saturated carbocycles. The lowest BCUT2D eigenvalue weighted by Gasteiger charge is -2.09. The summed E-state index contributed by atoms with van der Waals surface area (Å²) in [5, 5.41) is 7.29. The first-order valence-electron chi connectivity index (χ1n) is 9.18. The summed E-state index contributed by atoms with van der Waals surface area (Å²) in [5.41, 5.74) is 3.13. The van der Waals surface area contributed by atoms with Crippen LogP contribution in [0, 0.1) is 13.8 Å². The first kappa shape index (κ1) is 19.8. The number of anilines is 1. The van der Waals surface area contributed by atoms with Crippen molar-refractivity contribution in [3.8, 4) is 17.4 Å². The van der Waals surface area contributed by atoms with Crippen LogP contribution in [0.3, 0.4) is 0 Å². The van der Waals surface area contributed by atoms with Crippen LogP contribution in [0.2, 0.25) is 0 Å². The van der Waals surface area contributed by atoms with Crippen LogP contribution in [0.25, 0.3) is 5.82 Å². The molecule has 4 aromatic rings. The maximum atomic E-state index is 12.3. The van der Waals surface area contributed by atoms with Crippen LogP contribution >= 0.6 is 15.9 Å². The lowest BCUT2D eigenvalue weighted by molar-refractivity contribution is 0.102. The number of carbonyl (C=O) groups is 1. The van der Waals surface area contributed by atoms with E-state index in [2.05, 4.69) is 36.3 Å². The summed E-state index contributed by atoms with van der Waals surface area (Å²) in [5.74, 6) is 1.44. The number of ether oxygens (including phenoxy) is 1. The van der Waals surface area contributed by atoms with Crippen LogP contribution in [-0.4, -0.2) is 25.7 Å². The van der Waals surface area contributed by atoms with Crippen molar-refractivity contribution in [2.24, 2.45) is 0 Å². The molecular weight excluding hydrogens is 446 g/mol. The van der Waals surface area contributed by atoms with Crippen LogP contribution in [0.1, 0.15) is 21.7 Å². The number of rotatable bonds is 5. The van der Waals surface area contributed by atoms with E-state index in [1.807, 2.05) is 32.0 Å². The van der Waals surface area contributed by atoms with Gasteiger partial charge in [0.1, 0.15) is 12.1 Å². The Morgan fingerprint density at radius 1 is 1.00 bits per heavy atom. The van der Waals surface area contributed by atoms with Gasteiger partial charge in [-0.1, -0.05) is 15.9 Å². The molecule has 30 heavy (non-hydrogen) atoms. The Balaban J connectivity index is 1.45. The highest BCUT2D eigenvalue weighted by Crippen LogP contribution is 2.23. The predicted octanol–water partition coefficient (Wildman–Crippen LogP) is 5.09. The summed E-state index contributed by atoms with van der Waals surface area (Å²) in [6, 6.07) is 17.9. The van der Waals surface area contributed by atoms with Crippen LogP contribution in [0.15, 0.2) is 71.5 Å². The molecule has 0 aliphatic heterocycles. The quantitative estimate of drug-likeness (QED) is 0.445. The first-order valence-corrected chi connectivity index (χ1v) is 9.98. The van der Waals surface area contributed by atoms with Gasteiger partial charge >= 0.3 is 0 Å². The van der Waals surface area contributed by atoms with Crippen LogP contribution in [0.5, 0.6) is 11.6 Å². The summed E-state index contributed by atoms with van der Waals surface area (Å²) in [6.07, 6.45) is 1.44. The highest BCUT2D eigenvalue weighted by molar-refractivity contribution is 9.10. The molecule has 0 fully saturated rings. The molecule has 0 unspecified atom stereocenters. The summed E-state index contributed by atoms with van der Waals surface area (Å²) in [6.45, 7) is 3.89. The van der Waals surface area contributed by atoms with Gasteiger partial charge in [0.25, 0.3) is 5.91 Å². The number of amides is 1. The second-order valence-electron chi connectivity index (χ2n) is 6.64. The van der Waals surface area contributed by atoms with Crippen LogP contribution in [0.4, 0.5) is 5.69 Å². The zero-order valence-electron chi connectivity index (χ0n) is 16.3. The van der Waals surface area contributed by atoms with E-state index in [1.54, 1.807) is 47.1 Å². The molecule has 4 rings (SSSR count). The highest BCUT2D eigenvalue weighted by atomic mass is 79.9. The van der Waals surface area contributed by atoms with E-state index in [1.165, 1.54) is 6.33 Å². The van der Waals surface area contributed by atoms with Gasteiger partial charge in [0.05, 0.1) is 5.69 Å². The SMILES string of the molecule is Cc1cc(C)n(-c2cc(Oc3ccc(NC(=O)c4ccc(Br)cc4)cc3)ncn2)n1. The van der Waals surface area contributed by atoms with Gasteiger partial charge in [-0.05, 0) is 68.4 Å². The average Bonchev–Trinajstić information content (AvgIpc) is 3.08. The minimum atomic E-state index is -0.179. The molecule has 0 atom stereocenters. The Morgan fingerprint density at radius 2 is 1.73 bits per heavy atom. The lowest BCUT2D eigenvalue weighted by Crippen LogP contribution is -2.11. The Labute approximate surface area is 181 Å². The smallest absolute Gasteiger partial charge is 0.255 e. The van der Waals surface area contributed by atoms with E-state index in [0.29, 0.717) is 28.7 Å². The maximum absolute atomic E-state index is 12.3. The topological polar surface area (TPSA) is 81.9 Å².